The normalized spacial score (nSPS) is 21.5. The number of nitrogens with zero attached hydrogens (tertiary/aromatic N) is 3. The molecule has 0 bridgehead atoms. The Morgan fingerprint density at radius 1 is 1.13 bits per heavy atom. The van der Waals surface area contributed by atoms with Crippen LogP contribution in [0.25, 0.3) is 22.5 Å². The molecule has 46 heavy (non-hydrogen) atoms. The fraction of sp³-hybridized carbons (Fsp3) is 0.484. The molecule has 2 aliphatic carbocycles. The van der Waals surface area contributed by atoms with Crippen LogP contribution in [0.4, 0.5) is 13.2 Å². The number of alkyl halides is 3. The lowest BCUT2D eigenvalue weighted by molar-refractivity contribution is -0.139. The summed E-state index contributed by atoms with van der Waals surface area (Å²) in [7, 11) is -5.80. The fourth-order valence-electron chi connectivity index (χ4n) is 6.79. The van der Waals surface area contributed by atoms with Gasteiger partial charge in [0.1, 0.15) is 24.2 Å². The van der Waals surface area contributed by atoms with Crippen LogP contribution in [-0.4, -0.2) is 69.9 Å². The van der Waals surface area contributed by atoms with E-state index in [-0.39, 0.29) is 35.5 Å². The quantitative estimate of drug-likeness (QED) is 0.228. The van der Waals surface area contributed by atoms with Crippen molar-refractivity contribution < 1.29 is 40.5 Å². The molecule has 1 aromatic carbocycles. The summed E-state index contributed by atoms with van der Waals surface area (Å²) in [5, 5.41) is 11.8. The second-order valence-electron chi connectivity index (χ2n) is 12.4. The van der Waals surface area contributed by atoms with Gasteiger partial charge < -0.3 is 24.5 Å². The number of H-pyrrole nitrogens is 1. The van der Waals surface area contributed by atoms with Crippen molar-refractivity contribution in [3.05, 3.63) is 53.6 Å². The number of pyridine rings is 1. The summed E-state index contributed by atoms with van der Waals surface area (Å²) in [6, 6.07) is 5.38. The molecule has 2 amide bonds. The topological polar surface area (TPSA) is 155 Å². The number of imidazole rings is 1. The third-order valence-electron chi connectivity index (χ3n) is 9.24. The second-order valence-corrected chi connectivity index (χ2v) is 13.9. The Morgan fingerprint density at radius 3 is 2.54 bits per heavy atom. The van der Waals surface area contributed by atoms with Gasteiger partial charge in [-0.15, -0.1) is 0 Å². The van der Waals surface area contributed by atoms with E-state index in [9.17, 15) is 31.2 Å². The van der Waals surface area contributed by atoms with Gasteiger partial charge in [-0.1, -0.05) is 13.8 Å². The van der Waals surface area contributed by atoms with E-state index in [4.69, 9.17) is 5.11 Å². The van der Waals surface area contributed by atoms with Gasteiger partial charge in [-0.2, -0.15) is 21.6 Å². The number of aliphatic hydroxyl groups excluding tert-OH is 1. The number of carbonyl (C=O) groups excluding carboxylic acids is 2. The van der Waals surface area contributed by atoms with Crippen molar-refractivity contribution in [2.45, 2.75) is 69.5 Å². The van der Waals surface area contributed by atoms with Crippen molar-refractivity contribution in [3.8, 4) is 28.3 Å². The lowest BCUT2D eigenvalue weighted by atomic mass is 9.73. The molecule has 4 atom stereocenters. The standard InChI is InChI=1S/C31H34F3N5O6S/c1-16(2)28(38-26(41)15-40)30(42)39-11-3-4-24(39)29-36-14-23(37-29)18-6-9-22(35-13-18)20-8-10-25(45-46(43,44)31(32,33)34)21-12-17-5-7-19(17)27(20)21/h6,8-10,13-14,16-17,19,24,28,40H,3-5,7,11-12,15H2,1-2H3,(H,36,37)(H,38,41)/t17?,19?,24-,28-/m0/s1. The molecule has 246 valence electrons. The Bertz CT molecular complexity index is 1760. The van der Waals surface area contributed by atoms with Gasteiger partial charge in [0.05, 0.1) is 23.6 Å². The van der Waals surface area contributed by atoms with Crippen LogP contribution in [0.3, 0.4) is 0 Å². The fourth-order valence-corrected chi connectivity index (χ4v) is 7.28. The minimum atomic E-state index is -5.80. The molecule has 6 rings (SSSR count). The summed E-state index contributed by atoms with van der Waals surface area (Å²) in [4.78, 5) is 39.5. The molecular formula is C31H34F3N5O6S. The smallest absolute Gasteiger partial charge is 0.387 e. The molecule has 2 aromatic heterocycles. The Hall–Kier alpha value is -3.98. The maximum absolute atomic E-state index is 13.4. The average Bonchev–Trinajstić information content (AvgIpc) is 3.73. The van der Waals surface area contributed by atoms with Crippen LogP contribution in [0.5, 0.6) is 5.75 Å². The number of nitrogens with one attached hydrogen (secondary N) is 2. The second kappa shape index (κ2) is 12.0. The molecule has 3 N–H and O–H groups in total. The summed E-state index contributed by atoms with van der Waals surface area (Å²) in [6.45, 7) is 3.45. The number of aliphatic hydroxyl groups is 1. The van der Waals surface area contributed by atoms with Crippen molar-refractivity contribution >= 4 is 21.9 Å². The molecule has 1 saturated heterocycles. The number of amides is 2. The number of benzene rings is 1. The predicted molar refractivity (Wildman–Crippen MR) is 160 cm³/mol. The van der Waals surface area contributed by atoms with Crippen LogP contribution in [0, 0.1) is 11.8 Å². The van der Waals surface area contributed by atoms with Crippen molar-refractivity contribution in [2.75, 3.05) is 13.2 Å². The Kier molecular flexibility index (Phi) is 8.34. The van der Waals surface area contributed by atoms with E-state index < -0.39 is 34.2 Å². The number of halogens is 3. The van der Waals surface area contributed by atoms with E-state index in [0.717, 1.165) is 36.0 Å². The molecule has 0 radical (unpaired) electrons. The highest BCUT2D eigenvalue weighted by Crippen LogP contribution is 2.56. The van der Waals surface area contributed by atoms with E-state index >= 15 is 0 Å². The first-order chi connectivity index (χ1) is 21.8. The Morgan fingerprint density at radius 2 is 1.91 bits per heavy atom. The maximum atomic E-state index is 13.4. The number of aromatic amines is 1. The van der Waals surface area contributed by atoms with Crippen molar-refractivity contribution in [1.29, 1.82) is 0 Å². The van der Waals surface area contributed by atoms with Gasteiger partial charge in [-0.05, 0) is 79.7 Å². The first-order valence-corrected chi connectivity index (χ1v) is 16.6. The van der Waals surface area contributed by atoms with E-state index in [1.165, 1.54) is 6.07 Å². The Labute approximate surface area is 263 Å². The van der Waals surface area contributed by atoms with E-state index in [1.54, 1.807) is 29.4 Å². The first-order valence-electron chi connectivity index (χ1n) is 15.2. The zero-order valence-electron chi connectivity index (χ0n) is 25.2. The third kappa shape index (κ3) is 5.74. The monoisotopic (exact) mass is 661 g/mol. The lowest BCUT2D eigenvalue weighted by Crippen LogP contribution is -2.51. The van der Waals surface area contributed by atoms with Crippen LogP contribution in [0.1, 0.15) is 68.4 Å². The number of hydrogen-bond acceptors (Lipinski definition) is 8. The highest BCUT2D eigenvalue weighted by atomic mass is 32.2. The highest BCUT2D eigenvalue weighted by molar-refractivity contribution is 7.88. The number of carbonyl (C=O) groups is 2. The molecule has 11 nitrogen and oxygen atoms in total. The first kappa shape index (κ1) is 32.0. The largest absolute Gasteiger partial charge is 0.534 e. The molecule has 0 spiro atoms. The van der Waals surface area contributed by atoms with E-state index in [2.05, 4.69) is 24.5 Å². The molecule has 3 aromatic rings. The molecule has 1 aliphatic heterocycles. The molecule has 2 fully saturated rings. The van der Waals surface area contributed by atoms with Gasteiger partial charge in [0.25, 0.3) is 0 Å². The third-order valence-corrected chi connectivity index (χ3v) is 10.2. The van der Waals surface area contributed by atoms with E-state index in [0.29, 0.717) is 42.2 Å². The summed E-state index contributed by atoms with van der Waals surface area (Å²) in [5.41, 5.74) is -1.54. The number of aromatic nitrogens is 3. The van der Waals surface area contributed by atoms with Crippen molar-refractivity contribution in [2.24, 2.45) is 11.8 Å². The van der Waals surface area contributed by atoms with Gasteiger partial charge in [-0.3, -0.25) is 14.6 Å². The average molecular weight is 662 g/mol. The van der Waals surface area contributed by atoms with Crippen LogP contribution in [-0.2, 0) is 26.1 Å². The minimum absolute atomic E-state index is 0.100. The Balaban J connectivity index is 1.23. The van der Waals surface area contributed by atoms with Crippen LogP contribution in [0.2, 0.25) is 0 Å². The summed E-state index contributed by atoms with van der Waals surface area (Å²) in [6.07, 6.45) is 6.95. The lowest BCUT2D eigenvalue weighted by Gasteiger charge is -2.31. The minimum Gasteiger partial charge on any atom is -0.387 e. The number of likely N-dealkylation sites (tertiary alicyclic amines) is 1. The van der Waals surface area contributed by atoms with Crippen LogP contribution < -0.4 is 9.50 Å². The van der Waals surface area contributed by atoms with Gasteiger partial charge in [0, 0.05) is 29.4 Å². The highest BCUT2D eigenvalue weighted by Gasteiger charge is 2.50. The van der Waals surface area contributed by atoms with Gasteiger partial charge >= 0.3 is 15.6 Å². The molecule has 2 unspecified atom stereocenters. The van der Waals surface area contributed by atoms with Crippen LogP contribution >= 0.6 is 0 Å². The molecule has 3 heterocycles. The molecule has 3 aliphatic rings. The molecular weight excluding hydrogens is 627 g/mol. The van der Waals surface area contributed by atoms with Gasteiger partial charge in [0.2, 0.25) is 11.8 Å². The van der Waals surface area contributed by atoms with E-state index in [1.807, 2.05) is 19.9 Å². The number of fused-ring (bicyclic) bond motifs is 3. The van der Waals surface area contributed by atoms with Crippen LogP contribution in [0.15, 0.2) is 36.7 Å². The summed E-state index contributed by atoms with van der Waals surface area (Å²) >= 11 is 0. The summed E-state index contributed by atoms with van der Waals surface area (Å²) in [5.74, 6) is -0.413. The number of hydrogen-bond donors (Lipinski definition) is 3. The summed E-state index contributed by atoms with van der Waals surface area (Å²) < 4.78 is 67.2. The van der Waals surface area contributed by atoms with Gasteiger partial charge in [-0.25, -0.2) is 4.98 Å². The zero-order chi connectivity index (χ0) is 33.0. The van der Waals surface area contributed by atoms with Crippen molar-refractivity contribution in [1.82, 2.24) is 25.2 Å². The SMILES string of the molecule is CC(C)[C@H](NC(=O)CO)C(=O)N1CCC[C@H]1c1ncc(-c2ccc(-c3ccc(OS(=O)(=O)C(F)(F)F)c4c3C3CCC3C4)nc2)[nH]1. The van der Waals surface area contributed by atoms with Gasteiger partial charge in [0.15, 0.2) is 0 Å². The zero-order valence-corrected chi connectivity index (χ0v) is 26.0. The number of rotatable bonds is 9. The maximum Gasteiger partial charge on any atom is 0.534 e. The molecule has 15 heteroatoms. The molecule has 1 saturated carbocycles. The van der Waals surface area contributed by atoms with Crippen molar-refractivity contribution in [3.63, 3.8) is 0 Å². The predicted octanol–water partition coefficient (Wildman–Crippen LogP) is 4.21.